The number of hydrogen-bond donors (Lipinski definition) is 1. The van der Waals surface area contributed by atoms with Crippen molar-refractivity contribution >= 4 is 5.69 Å². The van der Waals surface area contributed by atoms with Gasteiger partial charge in [0.15, 0.2) is 0 Å². The number of benzene rings is 1. The maximum Gasteiger partial charge on any atom is 0.0366 e. The summed E-state index contributed by atoms with van der Waals surface area (Å²) in [5.74, 6) is 0. The lowest BCUT2D eigenvalue weighted by Gasteiger charge is -2.41. The van der Waals surface area contributed by atoms with Crippen LogP contribution in [0.5, 0.6) is 0 Å². The summed E-state index contributed by atoms with van der Waals surface area (Å²) in [5, 5.41) is 0. The van der Waals surface area contributed by atoms with E-state index < -0.39 is 0 Å². The normalized spacial score (nSPS) is 21.7. The zero-order chi connectivity index (χ0) is 14.5. The van der Waals surface area contributed by atoms with Crippen LogP contribution in [0.4, 0.5) is 5.69 Å². The van der Waals surface area contributed by atoms with E-state index in [0.717, 1.165) is 19.0 Å². The first kappa shape index (κ1) is 14.9. The molecule has 0 unspecified atom stereocenters. The maximum absolute atomic E-state index is 5.61. The Hall–Kier alpha value is -1.06. The fourth-order valence-corrected chi connectivity index (χ4v) is 3.81. The van der Waals surface area contributed by atoms with Gasteiger partial charge < -0.3 is 15.5 Å². The zero-order valence-corrected chi connectivity index (χ0v) is 13.1. The van der Waals surface area contributed by atoms with Crippen molar-refractivity contribution in [1.82, 2.24) is 4.90 Å². The van der Waals surface area contributed by atoms with Gasteiger partial charge in [0.05, 0.1) is 0 Å². The van der Waals surface area contributed by atoms with Crippen LogP contribution in [0.3, 0.4) is 0 Å². The molecule has 3 rings (SSSR count). The Labute approximate surface area is 129 Å². The van der Waals surface area contributed by atoms with Gasteiger partial charge in [-0.05, 0) is 69.4 Å². The molecule has 3 heteroatoms. The number of nitrogens with two attached hydrogens (primary N) is 1. The first-order valence-electron chi connectivity index (χ1n) is 8.65. The van der Waals surface area contributed by atoms with Gasteiger partial charge in [0.25, 0.3) is 0 Å². The van der Waals surface area contributed by atoms with Crippen molar-refractivity contribution in [3.63, 3.8) is 0 Å². The van der Waals surface area contributed by atoms with Crippen LogP contribution in [0.2, 0.25) is 0 Å². The molecule has 2 aliphatic heterocycles. The van der Waals surface area contributed by atoms with Gasteiger partial charge in [-0.25, -0.2) is 0 Å². The molecule has 116 valence electrons. The lowest BCUT2D eigenvalue weighted by molar-refractivity contribution is 0.141. The van der Waals surface area contributed by atoms with Gasteiger partial charge in [0, 0.05) is 24.8 Å². The second-order valence-electron chi connectivity index (χ2n) is 6.52. The third-order valence-corrected chi connectivity index (χ3v) is 5.11. The van der Waals surface area contributed by atoms with Crippen molar-refractivity contribution in [2.45, 2.75) is 44.6 Å². The third-order valence-electron chi connectivity index (χ3n) is 5.11. The van der Waals surface area contributed by atoms with Gasteiger partial charge in [-0.15, -0.1) is 0 Å². The monoisotopic (exact) mass is 287 g/mol. The van der Waals surface area contributed by atoms with Gasteiger partial charge in [-0.2, -0.15) is 0 Å². The van der Waals surface area contributed by atoms with Gasteiger partial charge in [-0.1, -0.05) is 18.6 Å². The summed E-state index contributed by atoms with van der Waals surface area (Å²) >= 11 is 0. The summed E-state index contributed by atoms with van der Waals surface area (Å²) in [6, 6.07) is 9.84. The average Bonchev–Trinajstić information content (AvgIpc) is 2.57. The molecule has 2 heterocycles. The number of anilines is 1. The van der Waals surface area contributed by atoms with Crippen molar-refractivity contribution in [3.05, 3.63) is 29.8 Å². The van der Waals surface area contributed by atoms with Crippen molar-refractivity contribution in [2.75, 3.05) is 37.6 Å². The molecule has 2 fully saturated rings. The van der Waals surface area contributed by atoms with E-state index in [9.17, 15) is 0 Å². The lowest BCUT2D eigenvalue weighted by Crippen LogP contribution is -2.46. The van der Waals surface area contributed by atoms with E-state index in [4.69, 9.17) is 5.73 Å². The summed E-state index contributed by atoms with van der Waals surface area (Å²) in [5.41, 5.74) is 8.35. The highest BCUT2D eigenvalue weighted by molar-refractivity contribution is 5.48. The van der Waals surface area contributed by atoms with E-state index >= 15 is 0 Å². The second-order valence-corrected chi connectivity index (χ2v) is 6.52. The minimum atomic E-state index is 0.737. The van der Waals surface area contributed by atoms with Crippen LogP contribution in [0, 0.1) is 0 Å². The average molecular weight is 287 g/mol. The Morgan fingerprint density at radius 3 is 2.19 bits per heavy atom. The maximum atomic E-state index is 5.61. The summed E-state index contributed by atoms with van der Waals surface area (Å²) in [7, 11) is 0. The highest BCUT2D eigenvalue weighted by Gasteiger charge is 2.25. The third kappa shape index (κ3) is 3.78. The molecule has 21 heavy (non-hydrogen) atoms. The van der Waals surface area contributed by atoms with Gasteiger partial charge in [-0.3, -0.25) is 0 Å². The largest absolute Gasteiger partial charge is 0.371 e. The van der Waals surface area contributed by atoms with Crippen LogP contribution in [-0.2, 0) is 6.42 Å². The fraction of sp³-hybridized carbons (Fsp3) is 0.667. The number of rotatable bonds is 4. The summed E-state index contributed by atoms with van der Waals surface area (Å²) in [4.78, 5) is 5.29. The molecule has 0 bridgehead atoms. The van der Waals surface area contributed by atoms with Gasteiger partial charge in [0.2, 0.25) is 0 Å². The molecule has 0 amide bonds. The molecule has 1 aromatic rings. The highest BCUT2D eigenvalue weighted by Crippen LogP contribution is 2.25. The van der Waals surface area contributed by atoms with Gasteiger partial charge in [0.1, 0.15) is 0 Å². The molecule has 0 atom stereocenters. The lowest BCUT2D eigenvalue weighted by atomic mass is 9.99. The van der Waals surface area contributed by atoms with Crippen LogP contribution in [-0.4, -0.2) is 43.7 Å². The Morgan fingerprint density at radius 1 is 0.905 bits per heavy atom. The molecular formula is C18H29N3. The Kier molecular flexibility index (Phi) is 5.15. The molecule has 0 aromatic heterocycles. The number of hydrogen-bond acceptors (Lipinski definition) is 3. The molecule has 3 nitrogen and oxygen atoms in total. The first-order valence-corrected chi connectivity index (χ1v) is 8.65. The van der Waals surface area contributed by atoms with Crippen LogP contribution in [0.1, 0.15) is 37.7 Å². The quantitative estimate of drug-likeness (QED) is 0.924. The van der Waals surface area contributed by atoms with E-state index in [1.54, 1.807) is 0 Å². The van der Waals surface area contributed by atoms with E-state index in [1.165, 1.54) is 69.5 Å². The molecule has 0 radical (unpaired) electrons. The topological polar surface area (TPSA) is 32.5 Å². The standard InChI is InChI=1S/C18H29N3/c19-11-8-16-4-6-17(7-5-16)21-14-9-18(10-15-21)20-12-2-1-3-13-20/h4-7,18H,1-3,8-15,19H2. The second kappa shape index (κ2) is 7.28. The molecule has 0 saturated carbocycles. The van der Waals surface area contributed by atoms with E-state index in [2.05, 4.69) is 34.1 Å². The van der Waals surface area contributed by atoms with Crippen LogP contribution >= 0.6 is 0 Å². The molecule has 2 aliphatic rings. The van der Waals surface area contributed by atoms with E-state index in [1.807, 2.05) is 0 Å². The highest BCUT2D eigenvalue weighted by atomic mass is 15.2. The smallest absolute Gasteiger partial charge is 0.0366 e. The molecule has 0 spiro atoms. The van der Waals surface area contributed by atoms with Crippen molar-refractivity contribution in [2.24, 2.45) is 5.73 Å². The predicted octanol–water partition coefficient (Wildman–Crippen LogP) is 2.64. The van der Waals surface area contributed by atoms with Crippen molar-refractivity contribution in [1.29, 1.82) is 0 Å². The molecular weight excluding hydrogens is 258 g/mol. The molecule has 1 aromatic carbocycles. The van der Waals surface area contributed by atoms with Gasteiger partial charge >= 0.3 is 0 Å². The van der Waals surface area contributed by atoms with Crippen LogP contribution in [0.25, 0.3) is 0 Å². The minimum Gasteiger partial charge on any atom is -0.371 e. The summed E-state index contributed by atoms with van der Waals surface area (Å²) in [6.07, 6.45) is 7.88. The van der Waals surface area contributed by atoms with E-state index in [0.29, 0.717) is 0 Å². The first-order chi connectivity index (χ1) is 10.4. The molecule has 0 aliphatic carbocycles. The predicted molar refractivity (Wildman–Crippen MR) is 89.9 cm³/mol. The number of nitrogens with zero attached hydrogens (tertiary/aromatic N) is 2. The molecule has 2 N–H and O–H groups in total. The van der Waals surface area contributed by atoms with Crippen LogP contribution < -0.4 is 10.6 Å². The van der Waals surface area contributed by atoms with E-state index in [-0.39, 0.29) is 0 Å². The fourth-order valence-electron chi connectivity index (χ4n) is 3.81. The van der Waals surface area contributed by atoms with Crippen molar-refractivity contribution in [3.8, 4) is 0 Å². The molecule has 2 saturated heterocycles. The SMILES string of the molecule is NCCc1ccc(N2CCC(N3CCCCC3)CC2)cc1. The Morgan fingerprint density at radius 2 is 1.57 bits per heavy atom. The zero-order valence-electron chi connectivity index (χ0n) is 13.1. The minimum absolute atomic E-state index is 0.737. The summed E-state index contributed by atoms with van der Waals surface area (Å²) in [6.45, 7) is 5.81. The number of likely N-dealkylation sites (tertiary alicyclic amines) is 1. The van der Waals surface area contributed by atoms with Crippen LogP contribution in [0.15, 0.2) is 24.3 Å². The summed E-state index contributed by atoms with van der Waals surface area (Å²) < 4.78 is 0. The Balaban J connectivity index is 1.52. The Bertz CT molecular complexity index is 415. The number of piperidine rings is 2. The van der Waals surface area contributed by atoms with Crippen molar-refractivity contribution < 1.29 is 0 Å².